The summed E-state index contributed by atoms with van der Waals surface area (Å²) in [6.07, 6.45) is -5.05. The fourth-order valence-electron chi connectivity index (χ4n) is 4.90. The van der Waals surface area contributed by atoms with Crippen molar-refractivity contribution >= 4 is 46.4 Å². The average molecular weight is 630 g/mol. The summed E-state index contributed by atoms with van der Waals surface area (Å²) in [5, 5.41) is 49.6. The fourth-order valence-corrected chi connectivity index (χ4v) is 5.94. The molecule has 236 valence electrons. The number of aliphatic carboxylic acids is 1. The number of anilines is 4. The smallest absolute Gasteiger partial charge is 0.327 e. The van der Waals surface area contributed by atoms with E-state index in [0.717, 1.165) is 11.1 Å². The summed E-state index contributed by atoms with van der Waals surface area (Å²) in [6.45, 7) is 0.651. The molecule has 44 heavy (non-hydrogen) atoms. The maximum atomic E-state index is 13.3. The first-order valence-electron chi connectivity index (χ1n) is 13.8. The molecular weight excluding hydrogens is 594 g/mol. The van der Waals surface area contributed by atoms with Gasteiger partial charge in [0, 0.05) is 30.0 Å². The van der Waals surface area contributed by atoms with Crippen LogP contribution in [0, 0.1) is 6.92 Å². The quantitative estimate of drug-likeness (QED) is 0.109. The first-order chi connectivity index (χ1) is 20.9. The number of ketones is 1. The molecule has 0 bridgehead atoms. The number of nitrogens with zero attached hydrogens (tertiary/aromatic N) is 2. The van der Waals surface area contributed by atoms with E-state index in [0.29, 0.717) is 22.7 Å². The Labute approximate surface area is 255 Å². The largest absolute Gasteiger partial charge is 0.480 e. The van der Waals surface area contributed by atoms with Gasteiger partial charge in [-0.05, 0) is 30.2 Å². The van der Waals surface area contributed by atoms with Crippen molar-refractivity contribution in [1.29, 1.82) is 0 Å². The first kappa shape index (κ1) is 32.9. The van der Waals surface area contributed by atoms with Crippen LogP contribution in [0.15, 0.2) is 52.1 Å². The number of carbonyl (C=O) groups excluding carboxylic acids is 1. The van der Waals surface area contributed by atoms with Crippen LogP contribution in [-0.2, 0) is 10.5 Å². The summed E-state index contributed by atoms with van der Waals surface area (Å²) in [4.78, 5) is 57.8. The number of rotatable bonds is 14. The predicted molar refractivity (Wildman–Crippen MR) is 165 cm³/mol. The van der Waals surface area contributed by atoms with E-state index in [9.17, 15) is 39.6 Å². The highest BCUT2D eigenvalue weighted by Crippen LogP contribution is 2.46. The number of hydrogen-bond donors (Lipinski definition) is 8. The Morgan fingerprint density at radius 3 is 2.34 bits per heavy atom. The highest BCUT2D eigenvalue weighted by molar-refractivity contribution is 7.98. The molecule has 1 aliphatic rings. The molecule has 3 aromatic rings. The van der Waals surface area contributed by atoms with E-state index in [-0.39, 0.29) is 36.0 Å². The van der Waals surface area contributed by atoms with Crippen molar-refractivity contribution in [2.75, 3.05) is 35.2 Å². The third-order valence-electron chi connectivity index (χ3n) is 7.33. The minimum atomic E-state index is -1.76. The number of Topliss-reactive ketones (excluding diaryl/α,β-unsaturated/α-hetero) is 1. The van der Waals surface area contributed by atoms with E-state index in [1.807, 2.05) is 6.92 Å². The number of carboxylic acid groups (broad SMARTS) is 1. The van der Waals surface area contributed by atoms with E-state index in [1.54, 1.807) is 47.4 Å². The number of aromatic nitrogens is 2. The van der Waals surface area contributed by atoms with Crippen LogP contribution in [0.3, 0.4) is 0 Å². The van der Waals surface area contributed by atoms with Crippen LogP contribution >= 0.6 is 11.8 Å². The molecule has 0 saturated heterocycles. The summed E-state index contributed by atoms with van der Waals surface area (Å²) in [5.74, 6) is -0.826. The first-order valence-corrected chi connectivity index (χ1v) is 14.9. The van der Waals surface area contributed by atoms with Crippen LogP contribution in [0.5, 0.6) is 0 Å². The number of nitrogens with one attached hydrogen (secondary N) is 2. The molecule has 0 amide bonds. The van der Waals surface area contributed by atoms with Crippen LogP contribution in [0.25, 0.3) is 0 Å². The Kier molecular flexibility index (Phi) is 10.6. The molecular formula is C29H35N5O9S. The van der Waals surface area contributed by atoms with Crippen LogP contribution in [0.1, 0.15) is 27.9 Å². The van der Waals surface area contributed by atoms with E-state index < -0.39 is 54.7 Å². The second-order valence-corrected chi connectivity index (χ2v) is 11.5. The number of aliphatic hydroxyl groups is 4. The standard InChI is InChI=1S/C29H35N5O9S/c1-15-9-19-20(10-17(15)13-44-14-18(30)28(41)42)34(11-22(37)25(39)23(38)12-35)26-24(27(40)32-29(43)31-26)33(19)8-7-21(36)16-5-3-2-4-6-16/h2-6,9-10,18,22-23,25,35,37-39H,7-8,11-14,30H2,1H3,(H,41,42)(H2,31,32,40,43)/t18-,22+,23-,25+/m0/s1. The van der Waals surface area contributed by atoms with Gasteiger partial charge >= 0.3 is 11.7 Å². The van der Waals surface area contributed by atoms with E-state index in [4.69, 9.17) is 10.8 Å². The van der Waals surface area contributed by atoms with Crippen molar-refractivity contribution in [1.82, 2.24) is 9.97 Å². The number of β-amino-alcohol motifs (C(OH)–C–C–N with tert-alkyl or cyclic N) is 1. The number of nitrogens with two attached hydrogens (primary N) is 1. The number of carboxylic acids is 1. The molecule has 1 aromatic heterocycles. The SMILES string of the molecule is Cc1cc2c(cc1CSC[C@H](N)C(=O)O)N(C[C@@H](O)[C@@H](O)[C@@H](O)CO)c1[nH]c(=O)[nH]c(=O)c1N2CCC(=O)c1ccccc1. The molecule has 9 N–H and O–H groups in total. The maximum Gasteiger partial charge on any atom is 0.327 e. The third-order valence-corrected chi connectivity index (χ3v) is 8.44. The van der Waals surface area contributed by atoms with Gasteiger partial charge in [0.15, 0.2) is 5.78 Å². The Morgan fingerprint density at radius 1 is 1.00 bits per heavy atom. The molecule has 0 spiro atoms. The topological polar surface area (TPSA) is 234 Å². The van der Waals surface area contributed by atoms with Gasteiger partial charge in [0.25, 0.3) is 5.56 Å². The van der Waals surface area contributed by atoms with Gasteiger partial charge in [0.1, 0.15) is 35.9 Å². The van der Waals surface area contributed by atoms with Crippen molar-refractivity contribution in [3.05, 3.63) is 80.0 Å². The molecule has 15 heteroatoms. The lowest BCUT2D eigenvalue weighted by Crippen LogP contribution is -2.47. The molecule has 4 atom stereocenters. The van der Waals surface area contributed by atoms with E-state index in [1.165, 1.54) is 16.7 Å². The second kappa shape index (κ2) is 14.2. The number of hydrogen-bond acceptors (Lipinski definition) is 12. The Balaban J connectivity index is 1.80. The van der Waals surface area contributed by atoms with Gasteiger partial charge in [0.2, 0.25) is 0 Å². The molecule has 0 saturated carbocycles. The zero-order valence-electron chi connectivity index (χ0n) is 23.8. The monoisotopic (exact) mass is 629 g/mol. The summed E-state index contributed by atoms with van der Waals surface area (Å²) >= 11 is 1.29. The molecule has 0 aliphatic carbocycles. The number of benzene rings is 2. The van der Waals surface area contributed by atoms with E-state index >= 15 is 0 Å². The number of H-pyrrole nitrogens is 2. The van der Waals surface area contributed by atoms with E-state index in [2.05, 4.69) is 9.97 Å². The molecule has 4 rings (SSSR count). The van der Waals surface area contributed by atoms with Gasteiger partial charge in [-0.25, -0.2) is 4.79 Å². The summed E-state index contributed by atoms with van der Waals surface area (Å²) < 4.78 is 0. The van der Waals surface area contributed by atoms with Gasteiger partial charge in [-0.2, -0.15) is 11.8 Å². The average Bonchev–Trinajstić information content (AvgIpc) is 3.00. The number of carbonyl (C=O) groups is 2. The van der Waals surface area contributed by atoms with Crippen LogP contribution < -0.4 is 26.8 Å². The number of fused-ring (bicyclic) bond motifs is 2. The fraction of sp³-hybridized carbons (Fsp3) is 0.379. The van der Waals surface area contributed by atoms with Crippen molar-refractivity contribution in [2.24, 2.45) is 5.73 Å². The number of thioether (sulfide) groups is 1. The Bertz CT molecular complexity index is 1610. The zero-order valence-corrected chi connectivity index (χ0v) is 24.7. The highest BCUT2D eigenvalue weighted by Gasteiger charge is 2.36. The van der Waals surface area contributed by atoms with Crippen LogP contribution in [0.2, 0.25) is 0 Å². The third kappa shape index (κ3) is 7.20. The number of aromatic amines is 2. The van der Waals surface area contributed by atoms with Crippen molar-refractivity contribution < 1.29 is 35.1 Å². The van der Waals surface area contributed by atoms with Gasteiger partial charge < -0.3 is 41.1 Å². The van der Waals surface area contributed by atoms with Crippen molar-refractivity contribution in [3.63, 3.8) is 0 Å². The van der Waals surface area contributed by atoms with Crippen molar-refractivity contribution in [2.45, 2.75) is 43.5 Å². The van der Waals surface area contributed by atoms with Crippen molar-refractivity contribution in [3.8, 4) is 0 Å². The van der Waals surface area contributed by atoms with Gasteiger partial charge in [-0.3, -0.25) is 24.4 Å². The summed E-state index contributed by atoms with van der Waals surface area (Å²) in [5.41, 5.74) is 6.96. The van der Waals surface area contributed by atoms with Gasteiger partial charge in [0.05, 0.1) is 24.5 Å². The molecule has 1 aliphatic heterocycles. The molecule has 0 unspecified atom stereocenters. The predicted octanol–water partition coefficient (Wildman–Crippen LogP) is -0.0457. The summed E-state index contributed by atoms with van der Waals surface area (Å²) in [6, 6.07) is 11.1. The number of aliphatic hydroxyl groups excluding tert-OH is 4. The molecule has 0 fully saturated rings. The lowest BCUT2D eigenvalue weighted by atomic mass is 10.0. The molecule has 14 nitrogen and oxygen atoms in total. The lowest BCUT2D eigenvalue weighted by molar-refractivity contribution is -0.137. The Morgan fingerprint density at radius 2 is 1.68 bits per heavy atom. The minimum absolute atomic E-state index is 0.00341. The zero-order chi connectivity index (χ0) is 32.1. The van der Waals surface area contributed by atoms with Crippen LogP contribution in [-0.4, -0.2) is 97.1 Å². The lowest BCUT2D eigenvalue weighted by Gasteiger charge is -2.40. The Hall–Kier alpha value is -3.99. The molecule has 0 radical (unpaired) electrons. The second-order valence-electron chi connectivity index (χ2n) is 10.4. The minimum Gasteiger partial charge on any atom is -0.480 e. The molecule has 2 aromatic carbocycles. The molecule has 2 heterocycles. The number of aryl methyl sites for hydroxylation is 1. The van der Waals surface area contributed by atoms with Crippen LogP contribution in [0.4, 0.5) is 22.9 Å². The highest BCUT2D eigenvalue weighted by atomic mass is 32.2. The van der Waals surface area contributed by atoms with Gasteiger partial charge in [-0.15, -0.1) is 0 Å². The summed E-state index contributed by atoms with van der Waals surface area (Å²) in [7, 11) is 0. The maximum absolute atomic E-state index is 13.3. The normalized spacial score (nSPS) is 15.2. The van der Waals surface area contributed by atoms with Gasteiger partial charge in [-0.1, -0.05) is 30.3 Å².